The maximum absolute atomic E-state index is 5.51. The molecule has 0 saturated heterocycles. The highest BCUT2D eigenvalue weighted by Gasteiger charge is 2.09. The molecule has 3 rings (SSSR count). The van der Waals surface area contributed by atoms with Crippen LogP contribution in [0.2, 0.25) is 0 Å². The Morgan fingerprint density at radius 1 is 1.00 bits per heavy atom. The monoisotopic (exact) mass is 296 g/mol. The number of thiocarbonyl (C=S) groups is 1. The number of nitrogens with zero attached hydrogens (tertiary/aromatic N) is 1. The minimum atomic E-state index is 0.694. The van der Waals surface area contributed by atoms with E-state index in [9.17, 15) is 0 Å². The van der Waals surface area contributed by atoms with E-state index in [1.807, 2.05) is 41.8 Å². The van der Waals surface area contributed by atoms with Crippen LogP contribution in [0.5, 0.6) is 0 Å². The van der Waals surface area contributed by atoms with Crippen LogP contribution in [0.25, 0.3) is 11.1 Å². The van der Waals surface area contributed by atoms with Crippen LogP contribution in [-0.4, -0.2) is 9.97 Å². The highest BCUT2D eigenvalue weighted by atomic mass is 32.1. The second-order valence-corrected chi connectivity index (χ2v) is 5.51. The fourth-order valence-corrected chi connectivity index (χ4v) is 2.87. The van der Waals surface area contributed by atoms with E-state index >= 15 is 0 Å². The summed E-state index contributed by atoms with van der Waals surface area (Å²) in [7, 11) is 0. The Labute approximate surface area is 127 Å². The third-order valence-electron chi connectivity index (χ3n) is 2.91. The zero-order valence-corrected chi connectivity index (χ0v) is 12.2. The van der Waals surface area contributed by atoms with E-state index in [0.29, 0.717) is 4.99 Å². The molecule has 1 heterocycles. The molecule has 1 N–H and O–H groups in total. The number of benzene rings is 2. The van der Waals surface area contributed by atoms with E-state index in [-0.39, 0.29) is 0 Å². The van der Waals surface area contributed by atoms with E-state index in [1.165, 1.54) is 11.3 Å². The molecule has 0 aliphatic rings. The highest BCUT2D eigenvalue weighted by molar-refractivity contribution is 7.81. The van der Waals surface area contributed by atoms with Gasteiger partial charge in [0.2, 0.25) is 0 Å². The Morgan fingerprint density at radius 3 is 2.50 bits per heavy atom. The summed E-state index contributed by atoms with van der Waals surface area (Å²) in [6, 6.07) is 18.4. The van der Waals surface area contributed by atoms with E-state index in [0.717, 1.165) is 21.8 Å². The predicted molar refractivity (Wildman–Crippen MR) is 89.3 cm³/mol. The average Bonchev–Trinajstić information content (AvgIpc) is 3.01. The summed E-state index contributed by atoms with van der Waals surface area (Å²) in [5.74, 6) is 0. The molecule has 4 heteroatoms. The van der Waals surface area contributed by atoms with Crippen LogP contribution in [0.4, 0.5) is 5.13 Å². The maximum atomic E-state index is 5.51. The molecule has 0 saturated carbocycles. The Balaban J connectivity index is 1.96. The SMILES string of the molecule is S=C(Nc1nccs1)c1ccccc1-c1ccccc1. The van der Waals surface area contributed by atoms with Crippen molar-refractivity contribution in [1.29, 1.82) is 0 Å². The lowest BCUT2D eigenvalue weighted by atomic mass is 10.00. The molecule has 0 amide bonds. The first kappa shape index (κ1) is 13.0. The van der Waals surface area contributed by atoms with Gasteiger partial charge in [-0.1, -0.05) is 66.8 Å². The fourth-order valence-electron chi connectivity index (χ4n) is 2.00. The van der Waals surface area contributed by atoms with Crippen molar-refractivity contribution >= 4 is 33.7 Å². The molecule has 0 unspecified atom stereocenters. The molecule has 2 aromatic carbocycles. The summed E-state index contributed by atoms with van der Waals surface area (Å²) >= 11 is 7.05. The largest absolute Gasteiger partial charge is 0.322 e. The van der Waals surface area contributed by atoms with E-state index < -0.39 is 0 Å². The van der Waals surface area contributed by atoms with Crippen molar-refractivity contribution in [1.82, 2.24) is 4.98 Å². The molecular weight excluding hydrogens is 284 g/mol. The van der Waals surface area contributed by atoms with Crippen molar-refractivity contribution in [3.8, 4) is 11.1 Å². The van der Waals surface area contributed by atoms with Gasteiger partial charge in [0.1, 0.15) is 4.99 Å². The van der Waals surface area contributed by atoms with Crippen molar-refractivity contribution < 1.29 is 0 Å². The van der Waals surface area contributed by atoms with Crippen LogP contribution in [0, 0.1) is 0 Å². The van der Waals surface area contributed by atoms with Gasteiger partial charge in [0, 0.05) is 17.1 Å². The first-order chi connectivity index (χ1) is 9.84. The van der Waals surface area contributed by atoms with Crippen molar-refractivity contribution in [2.75, 3.05) is 5.32 Å². The first-order valence-corrected chi connectivity index (χ1v) is 7.49. The minimum Gasteiger partial charge on any atom is -0.322 e. The van der Waals surface area contributed by atoms with Crippen LogP contribution in [0.1, 0.15) is 5.56 Å². The fraction of sp³-hybridized carbons (Fsp3) is 0. The number of anilines is 1. The van der Waals surface area contributed by atoms with Gasteiger partial charge in [0.25, 0.3) is 0 Å². The molecule has 2 nitrogen and oxygen atoms in total. The normalized spacial score (nSPS) is 10.2. The molecule has 20 heavy (non-hydrogen) atoms. The quantitative estimate of drug-likeness (QED) is 0.715. The molecule has 0 bridgehead atoms. The van der Waals surface area contributed by atoms with E-state index in [2.05, 4.69) is 28.5 Å². The number of hydrogen-bond donors (Lipinski definition) is 1. The molecular formula is C16H12N2S2. The van der Waals surface area contributed by atoms with Gasteiger partial charge in [-0.25, -0.2) is 4.98 Å². The highest BCUT2D eigenvalue weighted by Crippen LogP contribution is 2.25. The molecule has 98 valence electrons. The van der Waals surface area contributed by atoms with Crippen LogP contribution in [0.3, 0.4) is 0 Å². The second kappa shape index (κ2) is 5.94. The standard InChI is InChI=1S/C16H12N2S2/c19-15(18-16-17-10-11-20-16)14-9-5-4-8-13(14)12-6-2-1-3-7-12/h1-11H,(H,17,18,19). The molecule has 0 aliphatic carbocycles. The van der Waals surface area contributed by atoms with Crippen LogP contribution in [-0.2, 0) is 0 Å². The van der Waals surface area contributed by atoms with Gasteiger partial charge in [-0.15, -0.1) is 11.3 Å². The maximum Gasteiger partial charge on any atom is 0.187 e. The van der Waals surface area contributed by atoms with Crippen molar-refractivity contribution in [2.24, 2.45) is 0 Å². The lowest BCUT2D eigenvalue weighted by molar-refractivity contribution is 1.41. The Hall–Kier alpha value is -2.04. The molecule has 3 aromatic rings. The number of hydrogen-bond acceptors (Lipinski definition) is 3. The molecule has 0 fully saturated rings. The van der Waals surface area contributed by atoms with Crippen molar-refractivity contribution in [2.45, 2.75) is 0 Å². The lowest BCUT2D eigenvalue weighted by Crippen LogP contribution is -2.11. The number of thiazole rings is 1. The smallest absolute Gasteiger partial charge is 0.187 e. The predicted octanol–water partition coefficient (Wildman–Crippen LogP) is 4.60. The van der Waals surface area contributed by atoms with Crippen LogP contribution in [0.15, 0.2) is 66.2 Å². The van der Waals surface area contributed by atoms with Gasteiger partial charge in [0.15, 0.2) is 5.13 Å². The summed E-state index contributed by atoms with van der Waals surface area (Å²) < 4.78 is 0. The Kier molecular flexibility index (Phi) is 3.85. The van der Waals surface area contributed by atoms with Crippen molar-refractivity contribution in [3.63, 3.8) is 0 Å². The summed E-state index contributed by atoms with van der Waals surface area (Å²) in [6.45, 7) is 0. The Morgan fingerprint density at radius 2 is 1.75 bits per heavy atom. The van der Waals surface area contributed by atoms with Gasteiger partial charge < -0.3 is 5.32 Å². The van der Waals surface area contributed by atoms with Crippen LogP contribution < -0.4 is 5.32 Å². The number of rotatable bonds is 3. The summed E-state index contributed by atoms with van der Waals surface area (Å²) in [6.07, 6.45) is 1.76. The van der Waals surface area contributed by atoms with Gasteiger partial charge in [-0.3, -0.25) is 0 Å². The second-order valence-electron chi connectivity index (χ2n) is 4.20. The number of nitrogens with one attached hydrogen (secondary N) is 1. The summed E-state index contributed by atoms with van der Waals surface area (Å²) in [5, 5.41) is 5.93. The van der Waals surface area contributed by atoms with Gasteiger partial charge in [0.05, 0.1) is 0 Å². The van der Waals surface area contributed by atoms with Crippen LogP contribution >= 0.6 is 23.6 Å². The number of aromatic nitrogens is 1. The molecule has 0 aliphatic heterocycles. The van der Waals surface area contributed by atoms with Gasteiger partial charge in [-0.2, -0.15) is 0 Å². The zero-order valence-electron chi connectivity index (χ0n) is 10.6. The average molecular weight is 296 g/mol. The summed E-state index contributed by atoms with van der Waals surface area (Å²) in [5.41, 5.74) is 3.30. The summed E-state index contributed by atoms with van der Waals surface area (Å²) in [4.78, 5) is 4.90. The first-order valence-electron chi connectivity index (χ1n) is 6.20. The molecule has 0 atom stereocenters. The minimum absolute atomic E-state index is 0.694. The van der Waals surface area contributed by atoms with Gasteiger partial charge >= 0.3 is 0 Å². The topological polar surface area (TPSA) is 24.9 Å². The molecule has 1 aromatic heterocycles. The zero-order chi connectivity index (χ0) is 13.8. The third-order valence-corrected chi connectivity index (χ3v) is 3.92. The van der Waals surface area contributed by atoms with Crippen molar-refractivity contribution in [3.05, 3.63) is 71.7 Å². The van der Waals surface area contributed by atoms with Gasteiger partial charge in [-0.05, 0) is 11.1 Å². The Bertz CT molecular complexity index is 706. The lowest BCUT2D eigenvalue weighted by Gasteiger charge is -2.11. The van der Waals surface area contributed by atoms with E-state index in [4.69, 9.17) is 12.2 Å². The molecule has 0 spiro atoms. The third kappa shape index (κ3) is 2.76. The van der Waals surface area contributed by atoms with E-state index in [1.54, 1.807) is 6.20 Å². The molecule has 0 radical (unpaired) electrons.